The molecule has 0 amide bonds. The topological polar surface area (TPSA) is 72.5 Å². The van der Waals surface area contributed by atoms with E-state index in [2.05, 4.69) is 5.32 Å². The van der Waals surface area contributed by atoms with E-state index in [0.717, 1.165) is 12.7 Å². The molecule has 6 heteroatoms. The van der Waals surface area contributed by atoms with Gasteiger partial charge in [0.1, 0.15) is 6.29 Å². The summed E-state index contributed by atoms with van der Waals surface area (Å²) < 4.78 is 5.02. The number of carbonyl (C=O) groups excluding carboxylic acids is 3. The minimum Gasteiger partial charge on any atom is -0.462 e. The monoisotopic (exact) mass is 295 g/mol. The van der Waals surface area contributed by atoms with Crippen LogP contribution in [0.4, 0.5) is 0 Å². The Balaban J connectivity index is 2.39. The number of esters is 1. The van der Waals surface area contributed by atoms with Crippen molar-refractivity contribution in [2.24, 2.45) is 0 Å². The number of thioether (sulfide) groups is 1. The second-order valence-corrected chi connectivity index (χ2v) is 5.83. The van der Waals surface area contributed by atoms with Crippen LogP contribution in [0.3, 0.4) is 0 Å². The zero-order chi connectivity index (χ0) is 14.7. The first-order chi connectivity index (χ1) is 9.60. The van der Waals surface area contributed by atoms with Crippen molar-refractivity contribution in [3.8, 4) is 0 Å². The lowest BCUT2D eigenvalue weighted by Gasteiger charge is -2.31. The highest BCUT2D eigenvalue weighted by Gasteiger charge is 2.36. The van der Waals surface area contributed by atoms with Gasteiger partial charge in [-0.2, -0.15) is 0 Å². The number of aldehydes is 1. The maximum absolute atomic E-state index is 12.2. The summed E-state index contributed by atoms with van der Waals surface area (Å²) in [5, 5.41) is 3.44. The number of Topliss-reactive ketones (excluding diaryl/α,β-unsaturated/α-hetero) is 1. The lowest BCUT2D eigenvalue weighted by Crippen LogP contribution is -2.37. The minimum atomic E-state index is -0.474. The van der Waals surface area contributed by atoms with Gasteiger partial charge >= 0.3 is 5.97 Å². The average Bonchev–Trinajstić information content (AvgIpc) is 2.45. The van der Waals surface area contributed by atoms with Crippen LogP contribution in [0.1, 0.15) is 26.7 Å². The molecule has 1 N–H and O–H groups in total. The van der Waals surface area contributed by atoms with E-state index < -0.39 is 5.97 Å². The van der Waals surface area contributed by atoms with Crippen LogP contribution >= 0.6 is 11.8 Å². The first-order valence-corrected chi connectivity index (χ1v) is 7.53. The van der Waals surface area contributed by atoms with E-state index in [0.29, 0.717) is 16.2 Å². The molecule has 0 aliphatic carbocycles. The maximum Gasteiger partial charge on any atom is 0.338 e. The van der Waals surface area contributed by atoms with E-state index in [4.69, 9.17) is 4.74 Å². The molecule has 0 aromatic heterocycles. The van der Waals surface area contributed by atoms with Crippen LogP contribution in [0.5, 0.6) is 0 Å². The fourth-order valence-electron chi connectivity index (χ4n) is 2.21. The van der Waals surface area contributed by atoms with Crippen LogP contribution in [0, 0.1) is 0 Å². The van der Waals surface area contributed by atoms with Gasteiger partial charge in [-0.3, -0.25) is 4.79 Å². The Bertz CT molecular complexity index is 509. The summed E-state index contributed by atoms with van der Waals surface area (Å²) in [6.45, 7) is 3.97. The molecule has 2 heterocycles. The third-order valence-electron chi connectivity index (χ3n) is 3.20. The molecule has 108 valence electrons. The Hall–Kier alpha value is -1.56. The summed E-state index contributed by atoms with van der Waals surface area (Å²) in [5.41, 5.74) is 0.700. The summed E-state index contributed by atoms with van der Waals surface area (Å²) in [6.07, 6.45) is 3.43. The predicted molar refractivity (Wildman–Crippen MR) is 76.0 cm³/mol. The summed E-state index contributed by atoms with van der Waals surface area (Å²) in [4.78, 5) is 35.1. The van der Waals surface area contributed by atoms with Crippen LogP contribution in [-0.4, -0.2) is 35.9 Å². The Morgan fingerprint density at radius 1 is 1.55 bits per heavy atom. The summed E-state index contributed by atoms with van der Waals surface area (Å²) in [6, 6.07) is -0.0288. The standard InChI is InChI=1S/C14H17NO4S/c1-3-8-5-10(14(18)19-4-2)12-11(17)6-9(7-16)20-13(12)15-8/h5,7-9,15H,3-4,6H2,1-2H3. The zero-order valence-electron chi connectivity index (χ0n) is 11.5. The largest absolute Gasteiger partial charge is 0.462 e. The molecular weight excluding hydrogens is 278 g/mol. The van der Waals surface area contributed by atoms with Gasteiger partial charge in [-0.1, -0.05) is 18.7 Å². The summed E-state index contributed by atoms with van der Waals surface area (Å²) in [5.74, 6) is -0.657. The van der Waals surface area contributed by atoms with Gasteiger partial charge in [0.05, 0.1) is 28.0 Å². The third-order valence-corrected chi connectivity index (χ3v) is 4.34. The van der Waals surface area contributed by atoms with Gasteiger partial charge in [-0.25, -0.2) is 4.79 Å². The van der Waals surface area contributed by atoms with Crippen molar-refractivity contribution in [3.63, 3.8) is 0 Å². The van der Waals surface area contributed by atoms with Crippen molar-refractivity contribution in [1.29, 1.82) is 0 Å². The molecule has 2 rings (SSSR count). The van der Waals surface area contributed by atoms with Gasteiger partial charge in [-0.15, -0.1) is 0 Å². The maximum atomic E-state index is 12.2. The minimum absolute atomic E-state index is 0.0288. The molecule has 5 nitrogen and oxygen atoms in total. The number of hydrogen-bond donors (Lipinski definition) is 1. The highest BCUT2D eigenvalue weighted by molar-refractivity contribution is 8.04. The number of carbonyl (C=O) groups is 3. The number of rotatable bonds is 4. The van der Waals surface area contributed by atoms with Crippen molar-refractivity contribution in [3.05, 3.63) is 22.3 Å². The van der Waals surface area contributed by atoms with Crippen LogP contribution in [0.15, 0.2) is 22.3 Å². The highest BCUT2D eigenvalue weighted by atomic mass is 32.2. The quantitative estimate of drug-likeness (QED) is 0.623. The molecule has 0 fully saturated rings. The first kappa shape index (κ1) is 14.8. The molecule has 2 unspecified atom stereocenters. The fourth-order valence-corrected chi connectivity index (χ4v) is 3.37. The van der Waals surface area contributed by atoms with Crippen LogP contribution in [0.2, 0.25) is 0 Å². The Morgan fingerprint density at radius 2 is 2.30 bits per heavy atom. The van der Waals surface area contributed by atoms with Gasteiger partial charge in [0.15, 0.2) is 5.78 Å². The lowest BCUT2D eigenvalue weighted by atomic mass is 9.94. The summed E-state index contributed by atoms with van der Waals surface area (Å²) in [7, 11) is 0. The number of dihydropyridines is 1. The molecule has 0 spiro atoms. The molecule has 2 aliphatic heterocycles. The van der Waals surface area contributed by atoms with Crippen molar-refractivity contribution in [2.45, 2.75) is 38.0 Å². The van der Waals surface area contributed by atoms with E-state index in [1.165, 1.54) is 11.8 Å². The highest BCUT2D eigenvalue weighted by Crippen LogP contribution is 2.37. The molecule has 20 heavy (non-hydrogen) atoms. The third kappa shape index (κ3) is 2.80. The predicted octanol–water partition coefficient (Wildman–Crippen LogP) is 1.34. The summed E-state index contributed by atoms with van der Waals surface area (Å²) >= 11 is 1.31. The van der Waals surface area contributed by atoms with Crippen molar-refractivity contribution in [1.82, 2.24) is 5.32 Å². The molecule has 0 aromatic rings. The molecule has 0 aromatic carbocycles. The first-order valence-electron chi connectivity index (χ1n) is 6.65. The van der Waals surface area contributed by atoms with E-state index in [1.54, 1.807) is 13.0 Å². The van der Waals surface area contributed by atoms with Crippen LogP contribution < -0.4 is 5.32 Å². The average molecular weight is 295 g/mol. The smallest absolute Gasteiger partial charge is 0.338 e. The van der Waals surface area contributed by atoms with Gasteiger partial charge in [-0.05, 0) is 19.4 Å². The normalized spacial score (nSPS) is 25.5. The molecule has 0 radical (unpaired) electrons. The number of hydrogen-bond acceptors (Lipinski definition) is 6. The number of nitrogens with one attached hydrogen (secondary N) is 1. The van der Waals surface area contributed by atoms with Crippen molar-refractivity contribution in [2.75, 3.05) is 6.61 Å². The van der Waals surface area contributed by atoms with Crippen LogP contribution in [-0.2, 0) is 19.1 Å². The van der Waals surface area contributed by atoms with E-state index in [9.17, 15) is 14.4 Å². The molecule has 0 saturated carbocycles. The Morgan fingerprint density at radius 3 is 2.90 bits per heavy atom. The molecule has 2 aliphatic rings. The molecule has 0 bridgehead atoms. The van der Waals surface area contributed by atoms with E-state index >= 15 is 0 Å². The van der Waals surface area contributed by atoms with E-state index in [-0.39, 0.29) is 30.1 Å². The zero-order valence-corrected chi connectivity index (χ0v) is 12.3. The van der Waals surface area contributed by atoms with Gasteiger partial charge in [0.2, 0.25) is 0 Å². The lowest BCUT2D eigenvalue weighted by molar-refractivity contribution is -0.138. The van der Waals surface area contributed by atoms with Crippen LogP contribution in [0.25, 0.3) is 0 Å². The Kier molecular flexibility index (Phi) is 4.65. The molecule has 0 saturated heterocycles. The van der Waals surface area contributed by atoms with Gasteiger partial charge < -0.3 is 14.8 Å². The van der Waals surface area contributed by atoms with Crippen molar-refractivity contribution >= 4 is 29.8 Å². The number of ether oxygens (including phenoxy) is 1. The second-order valence-electron chi connectivity index (χ2n) is 4.58. The van der Waals surface area contributed by atoms with Gasteiger partial charge in [0.25, 0.3) is 0 Å². The molecular formula is C14H17NO4S. The van der Waals surface area contributed by atoms with Gasteiger partial charge in [0, 0.05) is 12.5 Å². The van der Waals surface area contributed by atoms with E-state index in [1.807, 2.05) is 6.92 Å². The Labute approximate surface area is 121 Å². The fraction of sp³-hybridized carbons (Fsp3) is 0.500. The second kappa shape index (κ2) is 6.26. The SMILES string of the molecule is CCOC(=O)C1=CC(CC)NC2=C1C(=O)CC(C=O)S2. The number of ketones is 1. The van der Waals surface area contributed by atoms with Crippen molar-refractivity contribution < 1.29 is 19.1 Å². The molecule has 2 atom stereocenters.